The van der Waals surface area contributed by atoms with Crippen LogP contribution in [0.1, 0.15) is 11.4 Å². The SMILES string of the molecule is Cc1cc(-c2nnc(CN)n2C)cc([N+](=O)[O-])c1. The van der Waals surface area contributed by atoms with Crippen LogP contribution < -0.4 is 5.73 Å². The molecule has 0 amide bonds. The zero-order valence-electron chi connectivity index (χ0n) is 10.1. The summed E-state index contributed by atoms with van der Waals surface area (Å²) in [6.07, 6.45) is 0. The van der Waals surface area contributed by atoms with Crippen molar-refractivity contribution in [2.45, 2.75) is 13.5 Å². The Morgan fingerprint density at radius 3 is 2.67 bits per heavy atom. The second-order valence-corrected chi connectivity index (χ2v) is 4.02. The molecule has 1 aromatic heterocycles. The minimum absolute atomic E-state index is 0.0438. The molecule has 0 atom stereocenters. The molecule has 2 rings (SSSR count). The molecule has 2 N–H and O–H groups in total. The molecule has 0 aliphatic carbocycles. The van der Waals surface area contributed by atoms with Crippen LogP contribution in [0.15, 0.2) is 18.2 Å². The van der Waals surface area contributed by atoms with Crippen molar-refractivity contribution in [1.29, 1.82) is 0 Å². The van der Waals surface area contributed by atoms with Crippen molar-refractivity contribution in [1.82, 2.24) is 14.8 Å². The van der Waals surface area contributed by atoms with E-state index in [1.165, 1.54) is 12.1 Å². The van der Waals surface area contributed by atoms with Crippen molar-refractivity contribution < 1.29 is 4.92 Å². The van der Waals surface area contributed by atoms with Crippen LogP contribution in [0.5, 0.6) is 0 Å². The van der Waals surface area contributed by atoms with E-state index in [0.717, 1.165) is 5.56 Å². The highest BCUT2D eigenvalue weighted by Gasteiger charge is 2.14. The molecule has 0 unspecified atom stereocenters. The second-order valence-electron chi connectivity index (χ2n) is 4.02. The van der Waals surface area contributed by atoms with E-state index in [-0.39, 0.29) is 12.2 Å². The Kier molecular flexibility index (Phi) is 3.07. The number of aryl methyl sites for hydroxylation is 1. The number of aromatic nitrogens is 3. The van der Waals surface area contributed by atoms with Gasteiger partial charge in [-0.05, 0) is 18.6 Å². The van der Waals surface area contributed by atoms with Crippen LogP contribution in [0.25, 0.3) is 11.4 Å². The molecule has 0 saturated heterocycles. The summed E-state index contributed by atoms with van der Waals surface area (Å²) in [6, 6.07) is 4.83. The molecule has 0 saturated carbocycles. The lowest BCUT2D eigenvalue weighted by Gasteiger charge is -2.04. The molecule has 1 heterocycles. The van der Waals surface area contributed by atoms with Crippen LogP contribution in [-0.2, 0) is 13.6 Å². The Morgan fingerprint density at radius 2 is 2.11 bits per heavy atom. The number of hydrogen-bond acceptors (Lipinski definition) is 5. The molecule has 2 aromatic rings. The molecule has 0 bridgehead atoms. The number of benzene rings is 1. The maximum Gasteiger partial charge on any atom is 0.270 e. The first kappa shape index (κ1) is 12.2. The fourth-order valence-electron chi connectivity index (χ4n) is 1.79. The highest BCUT2D eigenvalue weighted by Crippen LogP contribution is 2.24. The quantitative estimate of drug-likeness (QED) is 0.648. The number of nitro benzene ring substituents is 1. The smallest absolute Gasteiger partial charge is 0.270 e. The molecular weight excluding hydrogens is 234 g/mol. The largest absolute Gasteiger partial charge is 0.324 e. The van der Waals surface area contributed by atoms with Crippen molar-refractivity contribution in [3.63, 3.8) is 0 Å². The van der Waals surface area contributed by atoms with E-state index in [1.807, 2.05) is 6.07 Å². The van der Waals surface area contributed by atoms with Gasteiger partial charge in [0.15, 0.2) is 5.82 Å². The van der Waals surface area contributed by atoms with Crippen LogP contribution in [0.4, 0.5) is 5.69 Å². The third-order valence-corrected chi connectivity index (χ3v) is 2.68. The molecule has 7 heteroatoms. The number of nitrogens with zero attached hydrogens (tertiary/aromatic N) is 4. The van der Waals surface area contributed by atoms with Gasteiger partial charge in [0.05, 0.1) is 11.5 Å². The summed E-state index contributed by atoms with van der Waals surface area (Å²) in [6.45, 7) is 2.08. The van der Waals surface area contributed by atoms with Gasteiger partial charge in [0, 0.05) is 24.7 Å². The molecule has 94 valence electrons. The molecule has 0 fully saturated rings. The van der Waals surface area contributed by atoms with E-state index in [2.05, 4.69) is 10.2 Å². The first-order chi connectivity index (χ1) is 8.52. The van der Waals surface area contributed by atoms with Crippen molar-refractivity contribution in [3.05, 3.63) is 39.7 Å². The Bertz CT molecular complexity index is 605. The Balaban J connectivity index is 2.56. The highest BCUT2D eigenvalue weighted by molar-refractivity contribution is 5.61. The topological polar surface area (TPSA) is 99.9 Å². The van der Waals surface area contributed by atoms with Gasteiger partial charge >= 0.3 is 0 Å². The normalized spacial score (nSPS) is 10.6. The van der Waals surface area contributed by atoms with Gasteiger partial charge in [-0.15, -0.1) is 10.2 Å². The molecule has 0 spiro atoms. The predicted molar refractivity (Wildman–Crippen MR) is 65.7 cm³/mol. The van der Waals surface area contributed by atoms with Crippen LogP contribution in [0, 0.1) is 17.0 Å². The molecule has 18 heavy (non-hydrogen) atoms. The van der Waals surface area contributed by atoms with Gasteiger partial charge in [0.1, 0.15) is 5.82 Å². The van der Waals surface area contributed by atoms with Crippen molar-refractivity contribution in [2.75, 3.05) is 0 Å². The third-order valence-electron chi connectivity index (χ3n) is 2.68. The summed E-state index contributed by atoms with van der Waals surface area (Å²) in [5, 5.41) is 18.8. The molecule has 1 aromatic carbocycles. The predicted octanol–water partition coefficient (Wildman–Crippen LogP) is 1.16. The molecule has 0 aliphatic rings. The van der Waals surface area contributed by atoms with Crippen LogP contribution in [0.3, 0.4) is 0 Å². The standard InChI is InChI=1S/C11H13N5O2/c1-7-3-8(5-9(4-7)16(17)18)11-14-13-10(6-12)15(11)2/h3-5H,6,12H2,1-2H3. The first-order valence-corrected chi connectivity index (χ1v) is 5.37. The summed E-state index contributed by atoms with van der Waals surface area (Å²) in [4.78, 5) is 10.4. The van der Waals surface area contributed by atoms with Gasteiger partial charge in [-0.1, -0.05) is 0 Å². The Labute approximate surface area is 103 Å². The van der Waals surface area contributed by atoms with Gasteiger partial charge < -0.3 is 10.3 Å². The number of non-ortho nitro benzene ring substituents is 1. The van der Waals surface area contributed by atoms with Crippen LogP contribution >= 0.6 is 0 Å². The highest BCUT2D eigenvalue weighted by atomic mass is 16.6. The van der Waals surface area contributed by atoms with Crippen molar-refractivity contribution in [2.24, 2.45) is 12.8 Å². The van der Waals surface area contributed by atoms with Gasteiger partial charge in [-0.25, -0.2) is 0 Å². The summed E-state index contributed by atoms with van der Waals surface area (Å²) in [7, 11) is 1.78. The van der Waals surface area contributed by atoms with Gasteiger partial charge in [-0.3, -0.25) is 10.1 Å². The van der Waals surface area contributed by atoms with Crippen LogP contribution in [0.2, 0.25) is 0 Å². The van der Waals surface area contributed by atoms with Gasteiger partial charge in [0.2, 0.25) is 0 Å². The minimum Gasteiger partial charge on any atom is -0.324 e. The van der Waals surface area contributed by atoms with E-state index in [0.29, 0.717) is 17.2 Å². The fraction of sp³-hybridized carbons (Fsp3) is 0.273. The average molecular weight is 247 g/mol. The lowest BCUT2D eigenvalue weighted by molar-refractivity contribution is -0.384. The van der Waals surface area contributed by atoms with Crippen molar-refractivity contribution in [3.8, 4) is 11.4 Å². The van der Waals surface area contributed by atoms with Gasteiger partial charge in [-0.2, -0.15) is 0 Å². The summed E-state index contributed by atoms with van der Waals surface area (Å²) < 4.78 is 1.73. The zero-order valence-corrected chi connectivity index (χ0v) is 10.1. The lowest BCUT2D eigenvalue weighted by Crippen LogP contribution is -2.05. The number of nitrogens with two attached hydrogens (primary N) is 1. The minimum atomic E-state index is -0.420. The summed E-state index contributed by atoms with van der Waals surface area (Å²) >= 11 is 0. The second kappa shape index (κ2) is 4.53. The summed E-state index contributed by atoms with van der Waals surface area (Å²) in [5.74, 6) is 1.21. The van der Waals surface area contributed by atoms with E-state index in [1.54, 1.807) is 18.5 Å². The molecule has 0 aliphatic heterocycles. The van der Waals surface area contributed by atoms with E-state index in [4.69, 9.17) is 5.73 Å². The molecule has 0 radical (unpaired) electrons. The van der Waals surface area contributed by atoms with Gasteiger partial charge in [0.25, 0.3) is 5.69 Å². The van der Waals surface area contributed by atoms with E-state index < -0.39 is 4.92 Å². The van der Waals surface area contributed by atoms with E-state index in [9.17, 15) is 10.1 Å². The lowest BCUT2D eigenvalue weighted by atomic mass is 10.1. The maximum atomic E-state index is 10.8. The average Bonchev–Trinajstić information content (AvgIpc) is 2.69. The van der Waals surface area contributed by atoms with Crippen LogP contribution in [-0.4, -0.2) is 19.7 Å². The Hall–Kier alpha value is -2.28. The molecule has 7 nitrogen and oxygen atoms in total. The maximum absolute atomic E-state index is 10.8. The first-order valence-electron chi connectivity index (χ1n) is 5.37. The fourth-order valence-corrected chi connectivity index (χ4v) is 1.79. The van der Waals surface area contributed by atoms with Crippen molar-refractivity contribution >= 4 is 5.69 Å². The number of rotatable bonds is 3. The monoisotopic (exact) mass is 247 g/mol. The third kappa shape index (κ3) is 2.07. The molecular formula is C11H13N5O2. The number of hydrogen-bond donors (Lipinski definition) is 1. The Morgan fingerprint density at radius 1 is 1.39 bits per heavy atom. The zero-order chi connectivity index (χ0) is 13.3. The van der Waals surface area contributed by atoms with E-state index >= 15 is 0 Å². The summed E-state index contributed by atoms with van der Waals surface area (Å²) in [5.41, 5.74) is 7.03. The number of nitro groups is 1.